The van der Waals surface area contributed by atoms with Crippen LogP contribution in [-0.2, 0) is 0 Å². The van der Waals surface area contributed by atoms with Crippen LogP contribution in [0, 0.1) is 0 Å². The fourth-order valence-electron chi connectivity index (χ4n) is 9.52. The molecule has 13 aromatic rings. The van der Waals surface area contributed by atoms with E-state index in [4.69, 9.17) is 8.83 Å². The molecule has 0 bridgehead atoms. The summed E-state index contributed by atoms with van der Waals surface area (Å²) < 4.78 is 17.9. The molecule has 0 unspecified atom stereocenters. The van der Waals surface area contributed by atoms with Crippen molar-refractivity contribution >= 4 is 87.5 Å². The van der Waals surface area contributed by atoms with Crippen molar-refractivity contribution in [2.24, 2.45) is 0 Å². The van der Waals surface area contributed by atoms with Crippen LogP contribution >= 0.6 is 0 Å². The van der Waals surface area contributed by atoms with Crippen LogP contribution in [0.2, 0.25) is 0 Å². The maximum Gasteiger partial charge on any atom is 0.137 e. The molecule has 4 aromatic heterocycles. The van der Waals surface area contributed by atoms with E-state index in [1.165, 1.54) is 43.8 Å². The number of fused-ring (bicyclic) bond motifs is 14. The highest BCUT2D eigenvalue weighted by Crippen LogP contribution is 2.46. The topological polar surface area (TPSA) is 36.1 Å². The summed E-state index contributed by atoms with van der Waals surface area (Å²) in [5, 5.41) is 9.22. The summed E-state index contributed by atoms with van der Waals surface area (Å²) in [6.45, 7) is 0. The summed E-state index contributed by atoms with van der Waals surface area (Å²) in [7, 11) is 0. The van der Waals surface area contributed by atoms with Crippen LogP contribution in [0.15, 0.2) is 203 Å². The smallest absolute Gasteiger partial charge is 0.137 e. The molecule has 0 saturated carbocycles. The molecule has 0 fully saturated rings. The molecule has 4 heteroatoms. The Labute approximate surface area is 332 Å². The van der Waals surface area contributed by atoms with Crippen LogP contribution in [-0.4, -0.2) is 9.13 Å². The molecular formula is C54H32N2O2. The van der Waals surface area contributed by atoms with E-state index in [2.05, 4.69) is 191 Å². The number of rotatable bonds is 4. The summed E-state index contributed by atoms with van der Waals surface area (Å²) in [4.78, 5) is 0. The third kappa shape index (κ3) is 4.40. The quantitative estimate of drug-likeness (QED) is 0.180. The predicted octanol–water partition coefficient (Wildman–Crippen LogP) is 15.0. The fraction of sp³-hybridized carbons (Fsp3) is 0. The van der Waals surface area contributed by atoms with E-state index < -0.39 is 0 Å². The number of furan rings is 2. The zero-order valence-electron chi connectivity index (χ0n) is 31.2. The van der Waals surface area contributed by atoms with Crippen LogP contribution in [0.25, 0.3) is 121 Å². The van der Waals surface area contributed by atoms with Crippen LogP contribution < -0.4 is 0 Å². The first kappa shape index (κ1) is 31.4. The molecule has 0 N–H and O–H groups in total. The second-order valence-corrected chi connectivity index (χ2v) is 15.2. The van der Waals surface area contributed by atoms with Crippen LogP contribution in [0.1, 0.15) is 0 Å². The summed E-state index contributed by atoms with van der Waals surface area (Å²) in [5.41, 5.74) is 15.0. The SMILES string of the molecule is c1ccc(-c2ccc(-n3c4cc5c(cc4c4ccc6oc7ccccc7c6c43)c3ccc4oc6ccccc6c4c3n5-c3ccc(-c4ccccc4)cc3)cc2)cc1. The zero-order valence-corrected chi connectivity index (χ0v) is 31.2. The standard InChI is InChI=1S/C54H32N2O2/c1-3-11-33(12-4-1)35-19-23-37(24-20-35)55-45-32-46-44(31-43(45)39-27-29-49-51(53(39)55)41-15-7-9-17-47(41)57-49)40-28-30-50-52(42-16-8-10-18-48(42)58-50)54(40)56(46)38-25-21-36(22-26-38)34-13-5-2-6-14-34/h1-32H. The largest absolute Gasteiger partial charge is 0.456 e. The Hall–Kier alpha value is -7.82. The van der Waals surface area contributed by atoms with Gasteiger partial charge in [-0.3, -0.25) is 0 Å². The van der Waals surface area contributed by atoms with Gasteiger partial charge < -0.3 is 18.0 Å². The number of aromatic nitrogens is 2. The van der Waals surface area contributed by atoms with Crippen molar-refractivity contribution in [3.8, 4) is 33.6 Å². The van der Waals surface area contributed by atoms with E-state index in [0.717, 1.165) is 77.3 Å². The Morgan fingerprint density at radius 3 is 1.12 bits per heavy atom. The third-order valence-corrected chi connectivity index (χ3v) is 12.1. The molecule has 270 valence electrons. The molecule has 0 aliphatic carbocycles. The van der Waals surface area contributed by atoms with Gasteiger partial charge in [0.25, 0.3) is 0 Å². The Balaban J connectivity index is 1.17. The lowest BCUT2D eigenvalue weighted by Crippen LogP contribution is -1.96. The molecule has 4 nitrogen and oxygen atoms in total. The highest BCUT2D eigenvalue weighted by atomic mass is 16.3. The molecule has 4 heterocycles. The lowest BCUT2D eigenvalue weighted by Gasteiger charge is -2.12. The number of para-hydroxylation sites is 2. The van der Waals surface area contributed by atoms with Crippen LogP contribution in [0.5, 0.6) is 0 Å². The van der Waals surface area contributed by atoms with Crippen molar-refractivity contribution in [2.75, 3.05) is 0 Å². The number of hydrogen-bond donors (Lipinski definition) is 0. The molecule has 0 atom stereocenters. The first-order valence-electron chi connectivity index (χ1n) is 19.8. The lowest BCUT2D eigenvalue weighted by atomic mass is 10.0. The average molecular weight is 741 g/mol. The second-order valence-electron chi connectivity index (χ2n) is 15.2. The van der Waals surface area contributed by atoms with Gasteiger partial charge >= 0.3 is 0 Å². The van der Waals surface area contributed by atoms with E-state index in [0.29, 0.717) is 0 Å². The van der Waals surface area contributed by atoms with Gasteiger partial charge in [0, 0.05) is 43.7 Å². The normalized spacial score (nSPS) is 12.1. The molecule has 58 heavy (non-hydrogen) atoms. The van der Waals surface area contributed by atoms with Gasteiger partial charge in [-0.05, 0) is 95.1 Å². The lowest BCUT2D eigenvalue weighted by molar-refractivity contribution is 0.669. The van der Waals surface area contributed by atoms with Crippen molar-refractivity contribution in [1.29, 1.82) is 0 Å². The van der Waals surface area contributed by atoms with Gasteiger partial charge in [-0.25, -0.2) is 0 Å². The second kappa shape index (κ2) is 11.8. The molecule has 13 rings (SSSR count). The van der Waals surface area contributed by atoms with Crippen LogP contribution in [0.4, 0.5) is 0 Å². The maximum atomic E-state index is 6.51. The van der Waals surface area contributed by atoms with Crippen molar-refractivity contribution in [2.45, 2.75) is 0 Å². The van der Waals surface area contributed by atoms with E-state index in [-0.39, 0.29) is 0 Å². The number of hydrogen-bond acceptors (Lipinski definition) is 2. The van der Waals surface area contributed by atoms with Crippen molar-refractivity contribution in [3.63, 3.8) is 0 Å². The summed E-state index contributed by atoms with van der Waals surface area (Å²) in [5.74, 6) is 0. The highest BCUT2D eigenvalue weighted by molar-refractivity contribution is 6.29. The third-order valence-electron chi connectivity index (χ3n) is 12.1. The van der Waals surface area contributed by atoms with Gasteiger partial charge in [0.1, 0.15) is 22.3 Å². The Kier molecular flexibility index (Phi) is 6.41. The monoisotopic (exact) mass is 740 g/mol. The maximum absolute atomic E-state index is 6.51. The van der Waals surface area contributed by atoms with E-state index in [9.17, 15) is 0 Å². The summed E-state index contributed by atoms with van der Waals surface area (Å²) in [6, 6.07) is 69.5. The molecule has 0 radical (unpaired) electrons. The van der Waals surface area contributed by atoms with E-state index in [1.807, 2.05) is 12.1 Å². The van der Waals surface area contributed by atoms with E-state index >= 15 is 0 Å². The van der Waals surface area contributed by atoms with E-state index in [1.54, 1.807) is 0 Å². The van der Waals surface area contributed by atoms with Crippen molar-refractivity contribution < 1.29 is 8.83 Å². The summed E-state index contributed by atoms with van der Waals surface area (Å²) >= 11 is 0. The summed E-state index contributed by atoms with van der Waals surface area (Å²) in [6.07, 6.45) is 0. The first-order valence-corrected chi connectivity index (χ1v) is 19.8. The molecule has 0 spiro atoms. The Bertz CT molecular complexity index is 3510. The fourth-order valence-corrected chi connectivity index (χ4v) is 9.52. The van der Waals surface area contributed by atoms with Gasteiger partial charge in [-0.1, -0.05) is 121 Å². The number of nitrogens with zero attached hydrogens (tertiary/aromatic N) is 2. The molecule has 9 aromatic carbocycles. The van der Waals surface area contributed by atoms with Gasteiger partial charge in [0.15, 0.2) is 0 Å². The van der Waals surface area contributed by atoms with Crippen LogP contribution in [0.3, 0.4) is 0 Å². The van der Waals surface area contributed by atoms with Gasteiger partial charge in [-0.15, -0.1) is 0 Å². The van der Waals surface area contributed by atoms with Gasteiger partial charge in [0.05, 0.1) is 32.8 Å². The zero-order chi connectivity index (χ0) is 37.9. The first-order chi connectivity index (χ1) is 28.8. The minimum Gasteiger partial charge on any atom is -0.456 e. The van der Waals surface area contributed by atoms with Crippen molar-refractivity contribution in [3.05, 3.63) is 194 Å². The Morgan fingerprint density at radius 1 is 0.276 bits per heavy atom. The molecule has 0 aliphatic heterocycles. The van der Waals surface area contributed by atoms with Gasteiger partial charge in [-0.2, -0.15) is 0 Å². The number of benzene rings is 9. The average Bonchev–Trinajstić information content (AvgIpc) is 4.03. The molecular weight excluding hydrogens is 709 g/mol. The molecule has 0 amide bonds. The highest BCUT2D eigenvalue weighted by Gasteiger charge is 2.24. The molecule has 0 saturated heterocycles. The minimum absolute atomic E-state index is 0.880. The predicted molar refractivity (Wildman–Crippen MR) is 241 cm³/mol. The van der Waals surface area contributed by atoms with Crippen molar-refractivity contribution in [1.82, 2.24) is 9.13 Å². The molecule has 0 aliphatic rings. The minimum atomic E-state index is 0.880. The van der Waals surface area contributed by atoms with Gasteiger partial charge in [0.2, 0.25) is 0 Å². The Morgan fingerprint density at radius 2 is 0.672 bits per heavy atom.